The van der Waals surface area contributed by atoms with Crippen LogP contribution in [0.3, 0.4) is 0 Å². The minimum Gasteiger partial charge on any atom is -0.330 e. The molecule has 3 nitrogen and oxygen atoms in total. The first kappa shape index (κ1) is 14.4. The Morgan fingerprint density at radius 1 is 1.14 bits per heavy atom. The Kier molecular flexibility index (Phi) is 4.48. The molecule has 0 atom stereocenters. The Morgan fingerprint density at radius 2 is 1.95 bits per heavy atom. The van der Waals surface area contributed by atoms with Crippen molar-refractivity contribution in [3.05, 3.63) is 64.9 Å². The fraction of sp³-hybridized carbons (Fsp3) is 0.188. The fourth-order valence-corrected chi connectivity index (χ4v) is 3.62. The standard InChI is InChI=1S/C16H16ClN3S/c17-13-6-2-1-5-12(13)11-21-16-14(8-9-18)20-10-4-3-7-15(20)19-16/h1-7,10H,8-9,11,18H2. The van der Waals surface area contributed by atoms with Crippen LogP contribution in [0.2, 0.25) is 5.02 Å². The van der Waals surface area contributed by atoms with Crippen molar-refractivity contribution in [2.75, 3.05) is 6.54 Å². The van der Waals surface area contributed by atoms with Gasteiger partial charge < -0.3 is 10.1 Å². The van der Waals surface area contributed by atoms with Gasteiger partial charge in [-0.15, -0.1) is 0 Å². The summed E-state index contributed by atoms with van der Waals surface area (Å²) in [5, 5.41) is 1.83. The molecule has 3 aromatic rings. The Bertz CT molecular complexity index is 754. The number of thioether (sulfide) groups is 1. The number of aromatic nitrogens is 2. The van der Waals surface area contributed by atoms with Crippen molar-refractivity contribution in [3.8, 4) is 0 Å². The fourth-order valence-electron chi connectivity index (χ4n) is 2.27. The van der Waals surface area contributed by atoms with Crippen LogP contribution in [-0.2, 0) is 12.2 Å². The molecule has 1 aromatic carbocycles. The van der Waals surface area contributed by atoms with Gasteiger partial charge in [-0.05, 0) is 30.3 Å². The van der Waals surface area contributed by atoms with Crippen LogP contribution in [-0.4, -0.2) is 15.9 Å². The lowest BCUT2D eigenvalue weighted by molar-refractivity contribution is 0.876. The molecular weight excluding hydrogens is 302 g/mol. The van der Waals surface area contributed by atoms with Crippen LogP contribution < -0.4 is 5.73 Å². The number of pyridine rings is 1. The molecule has 108 valence electrons. The number of halogens is 1. The molecule has 0 spiro atoms. The van der Waals surface area contributed by atoms with Gasteiger partial charge in [0.2, 0.25) is 0 Å². The lowest BCUT2D eigenvalue weighted by Gasteiger charge is -2.05. The zero-order valence-corrected chi connectivity index (χ0v) is 13.1. The van der Waals surface area contributed by atoms with Gasteiger partial charge in [0.15, 0.2) is 0 Å². The Balaban J connectivity index is 1.89. The van der Waals surface area contributed by atoms with Crippen molar-refractivity contribution < 1.29 is 0 Å². The first-order valence-electron chi connectivity index (χ1n) is 6.82. The monoisotopic (exact) mass is 317 g/mol. The second-order valence-electron chi connectivity index (χ2n) is 4.71. The van der Waals surface area contributed by atoms with E-state index in [1.54, 1.807) is 11.8 Å². The van der Waals surface area contributed by atoms with E-state index in [4.69, 9.17) is 22.3 Å². The van der Waals surface area contributed by atoms with Gasteiger partial charge in [0.1, 0.15) is 10.7 Å². The van der Waals surface area contributed by atoms with Gasteiger partial charge in [0.25, 0.3) is 0 Å². The summed E-state index contributed by atoms with van der Waals surface area (Å²) in [6.45, 7) is 0.613. The molecule has 0 aliphatic carbocycles. The molecule has 21 heavy (non-hydrogen) atoms. The maximum atomic E-state index is 6.21. The van der Waals surface area contributed by atoms with Crippen molar-refractivity contribution in [1.29, 1.82) is 0 Å². The second-order valence-corrected chi connectivity index (χ2v) is 6.08. The van der Waals surface area contributed by atoms with Crippen LogP contribution in [0.1, 0.15) is 11.3 Å². The Hall–Kier alpha value is -1.49. The highest BCUT2D eigenvalue weighted by Gasteiger charge is 2.12. The molecule has 5 heteroatoms. The maximum absolute atomic E-state index is 6.21. The zero-order chi connectivity index (χ0) is 14.7. The number of hydrogen-bond donors (Lipinski definition) is 1. The van der Waals surface area contributed by atoms with Crippen molar-refractivity contribution in [2.24, 2.45) is 5.73 Å². The van der Waals surface area contributed by atoms with E-state index in [0.717, 1.165) is 33.4 Å². The number of hydrogen-bond acceptors (Lipinski definition) is 3. The third kappa shape index (κ3) is 3.07. The maximum Gasteiger partial charge on any atom is 0.138 e. The number of rotatable bonds is 5. The summed E-state index contributed by atoms with van der Waals surface area (Å²) >= 11 is 7.92. The third-order valence-electron chi connectivity index (χ3n) is 3.30. The second kappa shape index (κ2) is 6.52. The summed E-state index contributed by atoms with van der Waals surface area (Å²) in [7, 11) is 0. The minimum absolute atomic E-state index is 0.613. The van der Waals surface area contributed by atoms with E-state index in [1.165, 1.54) is 5.69 Å². The summed E-state index contributed by atoms with van der Waals surface area (Å²) in [5.41, 5.74) is 9.00. The van der Waals surface area contributed by atoms with Gasteiger partial charge in [-0.1, -0.05) is 47.6 Å². The van der Waals surface area contributed by atoms with Crippen molar-refractivity contribution in [1.82, 2.24) is 9.38 Å². The normalized spacial score (nSPS) is 11.1. The van der Waals surface area contributed by atoms with E-state index in [1.807, 2.05) is 48.7 Å². The predicted octanol–water partition coefficient (Wildman–Crippen LogP) is 3.78. The summed E-state index contributed by atoms with van der Waals surface area (Å²) < 4.78 is 2.11. The summed E-state index contributed by atoms with van der Waals surface area (Å²) in [6.07, 6.45) is 2.85. The summed E-state index contributed by atoms with van der Waals surface area (Å²) in [6, 6.07) is 13.9. The number of fused-ring (bicyclic) bond motifs is 1. The molecule has 0 radical (unpaired) electrons. The smallest absolute Gasteiger partial charge is 0.138 e. The zero-order valence-electron chi connectivity index (χ0n) is 11.5. The van der Waals surface area contributed by atoms with Gasteiger partial charge in [-0.25, -0.2) is 4.98 Å². The quantitative estimate of drug-likeness (QED) is 0.728. The van der Waals surface area contributed by atoms with E-state index in [9.17, 15) is 0 Å². The SMILES string of the molecule is NCCc1c(SCc2ccccc2Cl)nc2ccccn12. The van der Waals surface area contributed by atoms with Crippen molar-refractivity contribution in [2.45, 2.75) is 17.2 Å². The van der Waals surface area contributed by atoms with Crippen LogP contribution in [0.25, 0.3) is 5.65 Å². The molecule has 0 saturated carbocycles. The molecule has 3 rings (SSSR count). The van der Waals surface area contributed by atoms with Gasteiger partial charge >= 0.3 is 0 Å². The van der Waals surface area contributed by atoms with Gasteiger partial charge in [-0.3, -0.25) is 0 Å². The number of imidazole rings is 1. The average molecular weight is 318 g/mol. The van der Waals surface area contributed by atoms with Gasteiger partial charge in [0.05, 0.1) is 5.69 Å². The molecule has 0 fully saturated rings. The van der Waals surface area contributed by atoms with Crippen LogP contribution in [0.5, 0.6) is 0 Å². The van der Waals surface area contributed by atoms with Crippen molar-refractivity contribution in [3.63, 3.8) is 0 Å². The lowest BCUT2D eigenvalue weighted by atomic mass is 10.2. The number of nitrogens with zero attached hydrogens (tertiary/aromatic N) is 2. The highest BCUT2D eigenvalue weighted by molar-refractivity contribution is 7.98. The van der Waals surface area contributed by atoms with Gasteiger partial charge in [0, 0.05) is 23.4 Å². The number of benzene rings is 1. The molecule has 0 aliphatic heterocycles. The van der Waals surface area contributed by atoms with Crippen molar-refractivity contribution >= 4 is 29.0 Å². The summed E-state index contributed by atoms with van der Waals surface area (Å²) in [5.74, 6) is 0.807. The highest BCUT2D eigenvalue weighted by Crippen LogP contribution is 2.29. The van der Waals surface area contributed by atoms with E-state index in [2.05, 4.69) is 4.40 Å². The van der Waals surface area contributed by atoms with E-state index in [0.29, 0.717) is 6.54 Å². The molecule has 2 heterocycles. The first-order chi connectivity index (χ1) is 10.3. The minimum atomic E-state index is 0.613. The van der Waals surface area contributed by atoms with Crippen LogP contribution in [0.4, 0.5) is 0 Å². The Morgan fingerprint density at radius 3 is 2.76 bits per heavy atom. The molecule has 0 aliphatic rings. The van der Waals surface area contributed by atoms with Crippen LogP contribution in [0, 0.1) is 0 Å². The number of nitrogens with two attached hydrogens (primary N) is 1. The molecule has 0 unspecified atom stereocenters. The average Bonchev–Trinajstić information content (AvgIpc) is 2.85. The Labute approximate surface area is 133 Å². The highest BCUT2D eigenvalue weighted by atomic mass is 35.5. The van der Waals surface area contributed by atoms with E-state index < -0.39 is 0 Å². The van der Waals surface area contributed by atoms with Gasteiger partial charge in [-0.2, -0.15) is 0 Å². The lowest BCUT2D eigenvalue weighted by Crippen LogP contribution is -2.06. The molecule has 0 saturated heterocycles. The topological polar surface area (TPSA) is 43.3 Å². The predicted molar refractivity (Wildman–Crippen MR) is 89.0 cm³/mol. The molecule has 0 amide bonds. The van der Waals surface area contributed by atoms with E-state index >= 15 is 0 Å². The third-order valence-corrected chi connectivity index (χ3v) is 4.72. The molecule has 0 bridgehead atoms. The molecule has 2 aromatic heterocycles. The summed E-state index contributed by atoms with van der Waals surface area (Å²) in [4.78, 5) is 4.70. The molecular formula is C16H16ClN3S. The largest absolute Gasteiger partial charge is 0.330 e. The van der Waals surface area contributed by atoms with E-state index in [-0.39, 0.29) is 0 Å². The first-order valence-corrected chi connectivity index (χ1v) is 8.18. The van der Waals surface area contributed by atoms with Crippen LogP contribution in [0.15, 0.2) is 53.7 Å². The van der Waals surface area contributed by atoms with Crippen LogP contribution >= 0.6 is 23.4 Å². The molecule has 2 N–H and O–H groups in total.